The standard InChI is InChI=1S/C20H25N3O5S/c1-15-18(23(24)25)9-6-10-20(15)29(26,27)21-14-19(22-11-3-4-12-22)16-7-5-8-17(13-16)28-2/h5-10,13,19,21H,3-4,11-12,14H2,1-2H3. The lowest BCUT2D eigenvalue weighted by molar-refractivity contribution is -0.385. The van der Waals surface area contributed by atoms with Crippen LogP contribution < -0.4 is 9.46 Å². The zero-order valence-corrected chi connectivity index (χ0v) is 17.3. The molecule has 1 atom stereocenters. The Morgan fingerprint density at radius 3 is 2.55 bits per heavy atom. The van der Waals surface area contributed by atoms with Crippen LogP contribution in [0.3, 0.4) is 0 Å². The lowest BCUT2D eigenvalue weighted by Crippen LogP contribution is -2.37. The van der Waals surface area contributed by atoms with E-state index in [9.17, 15) is 18.5 Å². The summed E-state index contributed by atoms with van der Waals surface area (Å²) in [5.74, 6) is 0.712. The van der Waals surface area contributed by atoms with Gasteiger partial charge in [0.25, 0.3) is 5.69 Å². The predicted octanol–water partition coefficient (Wildman–Crippen LogP) is 3.03. The van der Waals surface area contributed by atoms with Crippen molar-refractivity contribution in [2.45, 2.75) is 30.7 Å². The molecule has 156 valence electrons. The van der Waals surface area contributed by atoms with E-state index in [4.69, 9.17) is 4.74 Å². The maximum atomic E-state index is 12.9. The Kier molecular flexibility index (Phi) is 6.51. The highest BCUT2D eigenvalue weighted by Gasteiger charge is 2.28. The first kappa shape index (κ1) is 21.2. The lowest BCUT2D eigenvalue weighted by Gasteiger charge is -2.28. The molecule has 0 saturated carbocycles. The van der Waals surface area contributed by atoms with Gasteiger partial charge >= 0.3 is 0 Å². The fourth-order valence-corrected chi connectivity index (χ4v) is 5.02. The molecule has 0 amide bonds. The topological polar surface area (TPSA) is 102 Å². The number of likely N-dealkylation sites (tertiary alicyclic amines) is 1. The second-order valence-electron chi connectivity index (χ2n) is 7.04. The van der Waals surface area contributed by atoms with E-state index < -0.39 is 14.9 Å². The Labute approximate surface area is 170 Å². The van der Waals surface area contributed by atoms with Gasteiger partial charge in [0.1, 0.15) is 5.75 Å². The van der Waals surface area contributed by atoms with E-state index in [1.54, 1.807) is 7.11 Å². The van der Waals surface area contributed by atoms with Gasteiger partial charge in [-0.1, -0.05) is 18.2 Å². The van der Waals surface area contributed by atoms with Crippen LogP contribution in [0.15, 0.2) is 47.4 Å². The Morgan fingerprint density at radius 2 is 1.90 bits per heavy atom. The van der Waals surface area contributed by atoms with Crippen molar-refractivity contribution in [3.63, 3.8) is 0 Å². The molecule has 0 aromatic heterocycles. The summed E-state index contributed by atoms with van der Waals surface area (Å²) in [5, 5.41) is 11.2. The molecule has 29 heavy (non-hydrogen) atoms. The van der Waals surface area contributed by atoms with E-state index in [0.29, 0.717) is 5.75 Å². The first-order valence-electron chi connectivity index (χ1n) is 9.45. The third-order valence-electron chi connectivity index (χ3n) is 5.27. The fraction of sp³-hybridized carbons (Fsp3) is 0.400. The number of nitrogens with zero attached hydrogens (tertiary/aromatic N) is 2. The third-order valence-corrected chi connectivity index (χ3v) is 6.84. The smallest absolute Gasteiger partial charge is 0.273 e. The number of nitro groups is 1. The molecule has 1 fully saturated rings. The van der Waals surface area contributed by atoms with E-state index >= 15 is 0 Å². The predicted molar refractivity (Wildman–Crippen MR) is 110 cm³/mol. The van der Waals surface area contributed by atoms with Gasteiger partial charge in [-0.05, 0) is 56.6 Å². The number of nitrogens with one attached hydrogen (secondary N) is 1. The molecule has 0 spiro atoms. The average molecular weight is 420 g/mol. The largest absolute Gasteiger partial charge is 0.497 e. The highest BCUT2D eigenvalue weighted by atomic mass is 32.2. The molecule has 1 aliphatic rings. The van der Waals surface area contributed by atoms with Gasteiger partial charge in [0.15, 0.2) is 0 Å². The van der Waals surface area contributed by atoms with Crippen LogP contribution in [-0.2, 0) is 10.0 Å². The van der Waals surface area contributed by atoms with Gasteiger partial charge in [0.2, 0.25) is 10.0 Å². The Morgan fingerprint density at radius 1 is 1.21 bits per heavy atom. The van der Waals surface area contributed by atoms with Gasteiger partial charge in [0.05, 0.1) is 16.9 Å². The highest BCUT2D eigenvalue weighted by Crippen LogP contribution is 2.29. The van der Waals surface area contributed by atoms with Crippen LogP contribution in [0, 0.1) is 17.0 Å². The second kappa shape index (κ2) is 8.89. The third kappa shape index (κ3) is 4.75. The number of ether oxygens (including phenoxy) is 1. The van der Waals surface area contributed by atoms with Crippen LogP contribution in [-0.4, -0.2) is 45.0 Å². The van der Waals surface area contributed by atoms with E-state index in [1.165, 1.54) is 25.1 Å². The molecule has 1 saturated heterocycles. The summed E-state index contributed by atoms with van der Waals surface area (Å²) in [4.78, 5) is 12.8. The molecule has 2 aromatic carbocycles. The number of hydrogen-bond acceptors (Lipinski definition) is 6. The zero-order valence-electron chi connectivity index (χ0n) is 16.5. The molecule has 0 bridgehead atoms. The number of hydrogen-bond donors (Lipinski definition) is 1. The Balaban J connectivity index is 1.87. The number of benzene rings is 2. The van der Waals surface area contributed by atoms with E-state index in [0.717, 1.165) is 31.5 Å². The zero-order chi connectivity index (χ0) is 21.0. The van der Waals surface area contributed by atoms with Gasteiger partial charge in [-0.25, -0.2) is 13.1 Å². The summed E-state index contributed by atoms with van der Waals surface area (Å²) in [6.07, 6.45) is 2.13. The lowest BCUT2D eigenvalue weighted by atomic mass is 10.1. The molecule has 1 unspecified atom stereocenters. The SMILES string of the molecule is COc1cccc(C(CNS(=O)(=O)c2cccc([N+](=O)[O-])c2C)N2CCCC2)c1. The Bertz CT molecular complexity index is 987. The summed E-state index contributed by atoms with van der Waals surface area (Å²) >= 11 is 0. The van der Waals surface area contributed by atoms with Gasteiger partial charge in [-0.2, -0.15) is 0 Å². The van der Waals surface area contributed by atoms with Crippen molar-refractivity contribution >= 4 is 15.7 Å². The minimum atomic E-state index is -3.91. The molecule has 0 radical (unpaired) electrons. The number of rotatable bonds is 8. The van der Waals surface area contributed by atoms with Gasteiger partial charge in [-0.3, -0.25) is 15.0 Å². The maximum absolute atomic E-state index is 12.9. The molecule has 9 heteroatoms. The number of nitro benzene ring substituents is 1. The molecule has 1 heterocycles. The van der Waals surface area contributed by atoms with Crippen molar-refractivity contribution in [3.8, 4) is 5.75 Å². The van der Waals surface area contributed by atoms with Crippen LogP contribution in [0.4, 0.5) is 5.69 Å². The summed E-state index contributed by atoms with van der Waals surface area (Å²) in [6, 6.07) is 11.5. The quantitative estimate of drug-likeness (QED) is 0.521. The van der Waals surface area contributed by atoms with Gasteiger partial charge in [-0.15, -0.1) is 0 Å². The van der Waals surface area contributed by atoms with Crippen LogP contribution in [0.5, 0.6) is 5.75 Å². The first-order valence-corrected chi connectivity index (χ1v) is 10.9. The van der Waals surface area contributed by atoms with Crippen LogP contribution >= 0.6 is 0 Å². The fourth-order valence-electron chi connectivity index (χ4n) is 3.72. The van der Waals surface area contributed by atoms with Crippen molar-refractivity contribution in [1.29, 1.82) is 0 Å². The molecule has 2 aromatic rings. The van der Waals surface area contributed by atoms with E-state index in [1.807, 2.05) is 24.3 Å². The van der Waals surface area contributed by atoms with Crippen molar-refractivity contribution in [2.75, 3.05) is 26.7 Å². The minimum absolute atomic E-state index is 0.0717. The molecule has 8 nitrogen and oxygen atoms in total. The van der Waals surface area contributed by atoms with Crippen LogP contribution in [0.1, 0.15) is 30.0 Å². The van der Waals surface area contributed by atoms with Crippen molar-refractivity contribution < 1.29 is 18.1 Å². The van der Waals surface area contributed by atoms with Crippen LogP contribution in [0.2, 0.25) is 0 Å². The molecule has 1 N–H and O–H groups in total. The van der Waals surface area contributed by atoms with Crippen molar-refractivity contribution in [1.82, 2.24) is 9.62 Å². The summed E-state index contributed by atoms with van der Waals surface area (Å²) < 4.78 is 33.8. The number of methoxy groups -OCH3 is 1. The van der Waals surface area contributed by atoms with E-state index in [2.05, 4.69) is 9.62 Å². The number of sulfonamides is 1. The van der Waals surface area contributed by atoms with Crippen molar-refractivity contribution in [3.05, 3.63) is 63.7 Å². The second-order valence-corrected chi connectivity index (χ2v) is 8.78. The minimum Gasteiger partial charge on any atom is -0.497 e. The molecule has 0 aliphatic carbocycles. The van der Waals surface area contributed by atoms with Crippen molar-refractivity contribution in [2.24, 2.45) is 0 Å². The maximum Gasteiger partial charge on any atom is 0.273 e. The molecule has 1 aliphatic heterocycles. The average Bonchev–Trinajstić information content (AvgIpc) is 3.22. The van der Waals surface area contributed by atoms with Gasteiger partial charge in [0, 0.05) is 24.2 Å². The van der Waals surface area contributed by atoms with Crippen LogP contribution in [0.25, 0.3) is 0 Å². The van der Waals surface area contributed by atoms with E-state index in [-0.39, 0.29) is 28.7 Å². The monoisotopic (exact) mass is 419 g/mol. The molecular formula is C20H25N3O5S. The summed E-state index contributed by atoms with van der Waals surface area (Å²) in [5.41, 5.74) is 0.880. The highest BCUT2D eigenvalue weighted by molar-refractivity contribution is 7.89. The Hall–Kier alpha value is -2.49. The normalized spacial score (nSPS) is 15.9. The summed E-state index contributed by atoms with van der Waals surface area (Å²) in [7, 11) is -2.31. The van der Waals surface area contributed by atoms with Gasteiger partial charge < -0.3 is 4.74 Å². The molecular weight excluding hydrogens is 394 g/mol. The molecule has 3 rings (SSSR count). The first-order chi connectivity index (χ1) is 13.8. The summed E-state index contributed by atoms with van der Waals surface area (Å²) in [6.45, 7) is 3.39.